The zero-order chi connectivity index (χ0) is 16.6. The van der Waals surface area contributed by atoms with Crippen LogP contribution in [0.15, 0.2) is 44.1 Å². The number of likely N-dealkylation sites (N-methyl/N-ethyl adjacent to an activating group) is 1. The van der Waals surface area contributed by atoms with E-state index in [1.165, 1.54) is 17.3 Å². The Kier molecular flexibility index (Phi) is 4.75. The van der Waals surface area contributed by atoms with Crippen LogP contribution < -0.4 is 0 Å². The molecule has 1 fully saturated rings. The Labute approximate surface area is 152 Å². The SMILES string of the molecule is CCN1C(=O)C(=Cc2ccc(-c3ccc(C)cc3Br)o2)SC1=S. The first-order chi connectivity index (χ1) is 11.0. The summed E-state index contributed by atoms with van der Waals surface area (Å²) in [5, 5.41) is 0. The summed E-state index contributed by atoms with van der Waals surface area (Å²) in [6.07, 6.45) is 1.75. The minimum Gasteiger partial charge on any atom is -0.457 e. The molecule has 1 aliphatic heterocycles. The first kappa shape index (κ1) is 16.5. The molecule has 0 spiro atoms. The van der Waals surface area contributed by atoms with E-state index >= 15 is 0 Å². The minimum absolute atomic E-state index is 0.0584. The molecule has 1 aromatic heterocycles. The smallest absolute Gasteiger partial charge is 0.266 e. The van der Waals surface area contributed by atoms with Gasteiger partial charge < -0.3 is 4.42 Å². The number of hydrogen-bond acceptors (Lipinski definition) is 4. The van der Waals surface area contributed by atoms with Crippen LogP contribution in [0.2, 0.25) is 0 Å². The zero-order valence-corrected chi connectivity index (χ0v) is 15.8. The Hall–Kier alpha value is -1.37. The second-order valence-electron chi connectivity index (χ2n) is 5.11. The third-order valence-corrected chi connectivity index (χ3v) is 5.51. The van der Waals surface area contributed by atoms with E-state index in [9.17, 15) is 4.79 Å². The van der Waals surface area contributed by atoms with Gasteiger partial charge in [0.1, 0.15) is 15.8 Å². The first-order valence-corrected chi connectivity index (χ1v) is 9.13. The Morgan fingerprint density at radius 1 is 1.35 bits per heavy atom. The van der Waals surface area contributed by atoms with Crippen molar-refractivity contribution in [2.75, 3.05) is 6.54 Å². The Balaban J connectivity index is 1.90. The molecule has 0 N–H and O–H groups in total. The van der Waals surface area contributed by atoms with Crippen molar-refractivity contribution in [3.05, 3.63) is 51.0 Å². The quantitative estimate of drug-likeness (QED) is 0.514. The van der Waals surface area contributed by atoms with Crippen LogP contribution in [-0.4, -0.2) is 21.7 Å². The van der Waals surface area contributed by atoms with Gasteiger partial charge in [0.2, 0.25) is 0 Å². The number of carbonyl (C=O) groups excluding carboxylic acids is 1. The highest BCUT2D eigenvalue weighted by Gasteiger charge is 2.30. The summed E-state index contributed by atoms with van der Waals surface area (Å²) in [7, 11) is 0. The third kappa shape index (κ3) is 3.29. The van der Waals surface area contributed by atoms with Crippen LogP contribution in [-0.2, 0) is 4.79 Å². The molecule has 3 rings (SSSR count). The average molecular weight is 408 g/mol. The summed E-state index contributed by atoms with van der Waals surface area (Å²) < 4.78 is 7.45. The highest BCUT2D eigenvalue weighted by Crippen LogP contribution is 2.34. The van der Waals surface area contributed by atoms with Crippen molar-refractivity contribution in [3.63, 3.8) is 0 Å². The lowest BCUT2D eigenvalue weighted by Gasteiger charge is -2.09. The molecule has 6 heteroatoms. The lowest BCUT2D eigenvalue weighted by Crippen LogP contribution is -2.27. The van der Waals surface area contributed by atoms with Gasteiger partial charge in [0, 0.05) is 22.7 Å². The summed E-state index contributed by atoms with van der Waals surface area (Å²) in [6, 6.07) is 9.86. The number of thioether (sulfide) groups is 1. The molecule has 1 aliphatic rings. The van der Waals surface area contributed by atoms with Gasteiger partial charge in [0.25, 0.3) is 5.91 Å². The Bertz CT molecular complexity index is 826. The number of benzene rings is 1. The van der Waals surface area contributed by atoms with E-state index in [1.54, 1.807) is 11.0 Å². The van der Waals surface area contributed by atoms with Crippen molar-refractivity contribution in [2.45, 2.75) is 13.8 Å². The number of carbonyl (C=O) groups is 1. The highest BCUT2D eigenvalue weighted by atomic mass is 79.9. The molecule has 3 nitrogen and oxygen atoms in total. The van der Waals surface area contributed by atoms with Crippen LogP contribution >= 0.6 is 39.9 Å². The normalized spacial score (nSPS) is 16.7. The van der Waals surface area contributed by atoms with Gasteiger partial charge in [-0.2, -0.15) is 0 Å². The fraction of sp³-hybridized carbons (Fsp3) is 0.176. The van der Waals surface area contributed by atoms with Crippen molar-refractivity contribution in [1.29, 1.82) is 0 Å². The molecule has 0 atom stereocenters. The Morgan fingerprint density at radius 3 is 2.78 bits per heavy atom. The molecule has 2 aromatic rings. The zero-order valence-electron chi connectivity index (χ0n) is 12.6. The van der Waals surface area contributed by atoms with Crippen molar-refractivity contribution in [2.24, 2.45) is 0 Å². The first-order valence-electron chi connectivity index (χ1n) is 7.11. The van der Waals surface area contributed by atoms with Crippen LogP contribution in [0.5, 0.6) is 0 Å². The summed E-state index contributed by atoms with van der Waals surface area (Å²) in [5.74, 6) is 1.34. The van der Waals surface area contributed by atoms with Gasteiger partial charge in [-0.05, 0) is 43.7 Å². The number of thiocarbonyl (C=S) groups is 1. The van der Waals surface area contributed by atoms with Crippen molar-refractivity contribution in [1.82, 2.24) is 4.90 Å². The number of halogens is 1. The van der Waals surface area contributed by atoms with Crippen LogP contribution in [0.25, 0.3) is 17.4 Å². The summed E-state index contributed by atoms with van der Waals surface area (Å²) >= 11 is 10.1. The monoisotopic (exact) mass is 407 g/mol. The molecule has 1 saturated heterocycles. The number of amides is 1. The standard InChI is InChI=1S/C17H14BrNO2S2/c1-3-19-16(20)15(23-17(19)22)9-11-5-7-14(21-11)12-6-4-10(2)8-13(12)18/h4-9H,3H2,1-2H3. The fourth-order valence-electron chi connectivity index (χ4n) is 2.30. The Morgan fingerprint density at radius 2 is 2.13 bits per heavy atom. The van der Waals surface area contributed by atoms with E-state index in [2.05, 4.69) is 15.9 Å². The van der Waals surface area contributed by atoms with Crippen LogP contribution in [0.1, 0.15) is 18.2 Å². The van der Waals surface area contributed by atoms with E-state index in [-0.39, 0.29) is 5.91 Å². The number of furan rings is 1. The maximum Gasteiger partial charge on any atom is 0.266 e. The van der Waals surface area contributed by atoms with Crippen molar-refractivity contribution >= 4 is 56.2 Å². The molecular formula is C17H14BrNO2S2. The van der Waals surface area contributed by atoms with Gasteiger partial charge in [-0.25, -0.2) is 0 Å². The maximum atomic E-state index is 12.2. The van der Waals surface area contributed by atoms with E-state index in [4.69, 9.17) is 16.6 Å². The van der Waals surface area contributed by atoms with Crippen LogP contribution in [0.4, 0.5) is 0 Å². The second kappa shape index (κ2) is 6.63. The van der Waals surface area contributed by atoms with E-state index in [0.29, 0.717) is 21.5 Å². The molecule has 1 amide bonds. The summed E-state index contributed by atoms with van der Waals surface area (Å²) in [4.78, 5) is 14.4. The molecule has 0 bridgehead atoms. The predicted molar refractivity (Wildman–Crippen MR) is 102 cm³/mol. The summed E-state index contributed by atoms with van der Waals surface area (Å²) in [5.41, 5.74) is 2.16. The highest BCUT2D eigenvalue weighted by molar-refractivity contribution is 9.10. The summed E-state index contributed by atoms with van der Waals surface area (Å²) in [6.45, 7) is 4.53. The molecule has 0 saturated carbocycles. The molecule has 23 heavy (non-hydrogen) atoms. The fourth-order valence-corrected chi connectivity index (χ4v) is 4.35. The van der Waals surface area contributed by atoms with Gasteiger partial charge in [-0.15, -0.1) is 0 Å². The van der Waals surface area contributed by atoms with Gasteiger partial charge >= 0.3 is 0 Å². The largest absolute Gasteiger partial charge is 0.457 e. The topological polar surface area (TPSA) is 33.5 Å². The van der Waals surface area contributed by atoms with Gasteiger partial charge in [0.05, 0.1) is 4.91 Å². The number of nitrogens with zero attached hydrogens (tertiary/aromatic N) is 1. The molecule has 2 heterocycles. The predicted octanol–water partition coefficient (Wildman–Crippen LogP) is 5.24. The molecule has 0 aliphatic carbocycles. The van der Waals surface area contributed by atoms with Gasteiger partial charge in [-0.1, -0.05) is 46.0 Å². The number of aryl methyl sites for hydroxylation is 1. The van der Waals surface area contributed by atoms with Gasteiger partial charge in [-0.3, -0.25) is 9.69 Å². The van der Waals surface area contributed by atoms with E-state index in [1.807, 2.05) is 44.2 Å². The maximum absolute atomic E-state index is 12.2. The van der Waals surface area contributed by atoms with Crippen molar-refractivity contribution < 1.29 is 9.21 Å². The van der Waals surface area contributed by atoms with E-state index in [0.717, 1.165) is 15.8 Å². The number of rotatable bonds is 3. The third-order valence-electron chi connectivity index (χ3n) is 3.48. The van der Waals surface area contributed by atoms with Crippen LogP contribution in [0.3, 0.4) is 0 Å². The average Bonchev–Trinajstić information content (AvgIpc) is 3.05. The van der Waals surface area contributed by atoms with E-state index < -0.39 is 0 Å². The van der Waals surface area contributed by atoms with Crippen molar-refractivity contribution in [3.8, 4) is 11.3 Å². The number of hydrogen-bond donors (Lipinski definition) is 0. The lowest BCUT2D eigenvalue weighted by molar-refractivity contribution is -0.121. The molecule has 0 radical (unpaired) electrons. The van der Waals surface area contributed by atoms with Crippen LogP contribution in [0, 0.1) is 6.92 Å². The molecule has 1 aromatic carbocycles. The minimum atomic E-state index is -0.0584. The molecule has 118 valence electrons. The lowest BCUT2D eigenvalue weighted by atomic mass is 10.1. The molecule has 0 unspecified atom stereocenters. The second-order valence-corrected chi connectivity index (χ2v) is 7.64. The van der Waals surface area contributed by atoms with Gasteiger partial charge in [0.15, 0.2) is 0 Å². The molecular weight excluding hydrogens is 394 g/mol.